The summed E-state index contributed by atoms with van der Waals surface area (Å²) < 4.78 is 8.16. The number of nitrogens with zero attached hydrogens (tertiary/aromatic N) is 2. The molecule has 0 aliphatic carbocycles. The van der Waals surface area contributed by atoms with Gasteiger partial charge in [-0.05, 0) is 23.9 Å². The Balaban J connectivity index is 2.74. The van der Waals surface area contributed by atoms with Gasteiger partial charge in [-0.25, -0.2) is 4.79 Å². The number of rotatable bonds is 7. The molecule has 0 aliphatic rings. The van der Waals surface area contributed by atoms with E-state index >= 15 is 0 Å². The van der Waals surface area contributed by atoms with Crippen LogP contribution in [0.5, 0.6) is 0 Å². The summed E-state index contributed by atoms with van der Waals surface area (Å²) in [5, 5.41) is 15.3. The number of methoxy groups -OCH3 is 1. The zero-order valence-electron chi connectivity index (χ0n) is 12.0. The smallest absolute Gasteiger partial charge is 0.326 e. The van der Waals surface area contributed by atoms with Crippen molar-refractivity contribution in [3.05, 3.63) is 10.6 Å². The number of esters is 1. The number of nitrogens with one attached hydrogen (secondary N) is 1. The van der Waals surface area contributed by atoms with Gasteiger partial charge in [0.05, 0.1) is 12.8 Å². The van der Waals surface area contributed by atoms with E-state index < -0.39 is 23.9 Å². The predicted molar refractivity (Wildman–Crippen MR) is 74.1 cm³/mol. The molecule has 21 heavy (non-hydrogen) atoms. The molecule has 0 aliphatic heterocycles. The van der Waals surface area contributed by atoms with E-state index in [0.29, 0.717) is 5.69 Å². The lowest BCUT2D eigenvalue weighted by molar-refractivity contribution is -0.142. The third-order valence-electron chi connectivity index (χ3n) is 2.73. The summed E-state index contributed by atoms with van der Waals surface area (Å²) in [6.07, 6.45) is -0.136. The third-order valence-corrected chi connectivity index (χ3v) is 3.48. The highest BCUT2D eigenvalue weighted by Gasteiger charge is 2.25. The van der Waals surface area contributed by atoms with E-state index in [4.69, 9.17) is 5.11 Å². The summed E-state index contributed by atoms with van der Waals surface area (Å²) in [4.78, 5) is 34.6. The minimum absolute atomic E-state index is 0.00264. The maximum atomic E-state index is 12.1. The van der Waals surface area contributed by atoms with Gasteiger partial charge in [-0.15, -0.1) is 5.10 Å². The molecular formula is C12H17N3O5S. The number of hydrogen-bond donors (Lipinski definition) is 2. The lowest BCUT2D eigenvalue weighted by atomic mass is 10.1. The average Bonchev–Trinajstić information content (AvgIpc) is 2.91. The molecule has 2 N–H and O–H groups in total. The molecule has 0 unspecified atom stereocenters. The summed E-state index contributed by atoms with van der Waals surface area (Å²) in [5.41, 5.74) is 0.523. The average molecular weight is 315 g/mol. The molecule has 0 radical (unpaired) electrons. The minimum Gasteiger partial charge on any atom is -0.480 e. The van der Waals surface area contributed by atoms with Gasteiger partial charge < -0.3 is 15.2 Å². The van der Waals surface area contributed by atoms with E-state index in [1.165, 1.54) is 7.11 Å². The van der Waals surface area contributed by atoms with Crippen molar-refractivity contribution >= 4 is 29.4 Å². The van der Waals surface area contributed by atoms with E-state index in [2.05, 4.69) is 19.6 Å². The third kappa shape index (κ3) is 4.78. The summed E-state index contributed by atoms with van der Waals surface area (Å²) >= 11 is 0.911. The van der Waals surface area contributed by atoms with Gasteiger partial charge in [0, 0.05) is 6.42 Å². The molecule has 1 aromatic heterocycles. The lowest BCUT2D eigenvalue weighted by Gasteiger charge is -2.13. The van der Waals surface area contributed by atoms with Gasteiger partial charge in [0.1, 0.15) is 10.9 Å². The number of carboxylic acid groups (broad SMARTS) is 1. The molecule has 1 rings (SSSR count). The van der Waals surface area contributed by atoms with Crippen LogP contribution in [0.3, 0.4) is 0 Å². The van der Waals surface area contributed by atoms with Crippen LogP contribution in [0.25, 0.3) is 0 Å². The van der Waals surface area contributed by atoms with Gasteiger partial charge >= 0.3 is 11.9 Å². The summed E-state index contributed by atoms with van der Waals surface area (Å²) in [6.45, 7) is 3.72. The van der Waals surface area contributed by atoms with Crippen molar-refractivity contribution in [2.45, 2.75) is 38.6 Å². The van der Waals surface area contributed by atoms with E-state index in [1.54, 1.807) is 0 Å². The Kier molecular flexibility index (Phi) is 6.22. The van der Waals surface area contributed by atoms with Crippen LogP contribution >= 0.6 is 11.5 Å². The molecule has 1 heterocycles. The highest BCUT2D eigenvalue weighted by Crippen LogP contribution is 2.19. The number of carbonyl (C=O) groups is 3. The standard InChI is InChI=1S/C12H17N3O5S/c1-6(2)9-10(21-15-14-9)11(17)13-7(12(18)19)4-5-8(16)20-3/h6-7H,4-5H2,1-3H3,(H,13,17)(H,18,19)/t7-/m0/s1. The first-order chi connectivity index (χ1) is 9.86. The van der Waals surface area contributed by atoms with Crippen LogP contribution in [-0.2, 0) is 14.3 Å². The monoisotopic (exact) mass is 315 g/mol. The molecule has 9 heteroatoms. The van der Waals surface area contributed by atoms with Gasteiger partial charge in [-0.1, -0.05) is 18.3 Å². The summed E-state index contributed by atoms with van der Waals surface area (Å²) in [6, 6.07) is -1.17. The summed E-state index contributed by atoms with van der Waals surface area (Å²) in [5.74, 6) is -2.29. The van der Waals surface area contributed by atoms with E-state index in [9.17, 15) is 14.4 Å². The maximum absolute atomic E-state index is 12.1. The minimum atomic E-state index is -1.21. The van der Waals surface area contributed by atoms with Crippen molar-refractivity contribution in [3.8, 4) is 0 Å². The first kappa shape index (κ1) is 17.0. The molecule has 1 atom stereocenters. The highest BCUT2D eigenvalue weighted by molar-refractivity contribution is 7.08. The first-order valence-corrected chi connectivity index (χ1v) is 7.06. The van der Waals surface area contributed by atoms with E-state index in [0.717, 1.165) is 11.5 Å². The Hall–Kier alpha value is -2.03. The summed E-state index contributed by atoms with van der Waals surface area (Å²) in [7, 11) is 1.22. The van der Waals surface area contributed by atoms with Gasteiger partial charge in [0.15, 0.2) is 0 Å². The topological polar surface area (TPSA) is 118 Å². The second kappa shape index (κ2) is 7.67. The predicted octanol–water partition coefficient (Wildman–Crippen LogP) is 0.798. The van der Waals surface area contributed by atoms with Crippen LogP contribution in [0.1, 0.15) is 48.0 Å². The quantitative estimate of drug-likeness (QED) is 0.714. The number of carbonyl (C=O) groups excluding carboxylic acids is 2. The van der Waals surface area contributed by atoms with Crippen molar-refractivity contribution in [3.63, 3.8) is 0 Å². The Morgan fingerprint density at radius 1 is 1.38 bits per heavy atom. The van der Waals surface area contributed by atoms with Crippen LogP contribution in [0.15, 0.2) is 0 Å². The number of hydrogen-bond acceptors (Lipinski definition) is 7. The fraction of sp³-hybridized carbons (Fsp3) is 0.583. The highest BCUT2D eigenvalue weighted by atomic mass is 32.1. The second-order valence-corrected chi connectivity index (χ2v) is 5.38. The van der Waals surface area contributed by atoms with Crippen molar-refractivity contribution < 1.29 is 24.2 Å². The second-order valence-electron chi connectivity index (χ2n) is 4.62. The molecule has 1 amide bonds. The fourth-order valence-electron chi connectivity index (χ4n) is 1.58. The SMILES string of the molecule is COC(=O)CC[C@H](NC(=O)c1snnc1C(C)C)C(=O)O. The molecule has 0 saturated heterocycles. The first-order valence-electron chi connectivity index (χ1n) is 6.29. The normalized spacial score (nSPS) is 12.0. The van der Waals surface area contributed by atoms with Crippen LogP contribution < -0.4 is 5.32 Å². The zero-order chi connectivity index (χ0) is 16.0. The number of carboxylic acids is 1. The van der Waals surface area contributed by atoms with Crippen molar-refractivity contribution in [2.24, 2.45) is 0 Å². The molecule has 0 fully saturated rings. The van der Waals surface area contributed by atoms with Gasteiger partial charge in [0.2, 0.25) is 0 Å². The maximum Gasteiger partial charge on any atom is 0.326 e. The molecular weight excluding hydrogens is 298 g/mol. The molecule has 0 bridgehead atoms. The number of aromatic nitrogens is 2. The molecule has 0 saturated carbocycles. The molecule has 0 spiro atoms. The van der Waals surface area contributed by atoms with Crippen molar-refractivity contribution in [2.75, 3.05) is 7.11 Å². The van der Waals surface area contributed by atoms with E-state index in [1.807, 2.05) is 13.8 Å². The Labute approximate surface area is 125 Å². The largest absolute Gasteiger partial charge is 0.480 e. The Morgan fingerprint density at radius 3 is 2.57 bits per heavy atom. The Morgan fingerprint density at radius 2 is 2.05 bits per heavy atom. The number of amides is 1. The van der Waals surface area contributed by atoms with Crippen LogP contribution in [0.2, 0.25) is 0 Å². The van der Waals surface area contributed by atoms with Crippen LogP contribution in [-0.4, -0.2) is 45.7 Å². The van der Waals surface area contributed by atoms with Crippen LogP contribution in [0.4, 0.5) is 0 Å². The van der Waals surface area contributed by atoms with Crippen molar-refractivity contribution in [1.82, 2.24) is 14.9 Å². The number of ether oxygens (including phenoxy) is 1. The number of aliphatic carboxylic acids is 1. The fourth-order valence-corrected chi connectivity index (χ4v) is 2.30. The molecule has 1 aromatic rings. The molecule has 116 valence electrons. The molecule has 0 aromatic carbocycles. The van der Waals surface area contributed by atoms with Crippen LogP contribution in [0, 0.1) is 0 Å². The van der Waals surface area contributed by atoms with Crippen molar-refractivity contribution in [1.29, 1.82) is 0 Å². The van der Waals surface area contributed by atoms with Gasteiger partial charge in [-0.2, -0.15) is 0 Å². The van der Waals surface area contributed by atoms with Gasteiger partial charge in [0.25, 0.3) is 5.91 Å². The lowest BCUT2D eigenvalue weighted by Crippen LogP contribution is -2.41. The van der Waals surface area contributed by atoms with Gasteiger partial charge in [-0.3, -0.25) is 9.59 Å². The Bertz CT molecular complexity index is 529. The molecule has 8 nitrogen and oxygen atoms in total. The van der Waals surface area contributed by atoms with E-state index in [-0.39, 0.29) is 23.6 Å². The zero-order valence-corrected chi connectivity index (χ0v) is 12.8.